The summed E-state index contributed by atoms with van der Waals surface area (Å²) in [5, 5.41) is 8.62. The molecule has 0 spiro atoms. The summed E-state index contributed by atoms with van der Waals surface area (Å²) in [5.41, 5.74) is 5.95. The summed E-state index contributed by atoms with van der Waals surface area (Å²) in [7, 11) is 0. The predicted molar refractivity (Wildman–Crippen MR) is 55.6 cm³/mol. The van der Waals surface area contributed by atoms with Crippen molar-refractivity contribution in [2.75, 3.05) is 13.1 Å². The predicted octanol–water partition coefficient (Wildman–Crippen LogP) is 0.486. The average Bonchev–Trinajstić information content (AvgIpc) is 2.67. The molecule has 1 amide bonds. The summed E-state index contributed by atoms with van der Waals surface area (Å²) in [6, 6.07) is 1.83. The molecule has 0 radical (unpaired) electrons. The fourth-order valence-electron chi connectivity index (χ4n) is 2.47. The Bertz CT molecular complexity index is 285. The fourth-order valence-corrected chi connectivity index (χ4v) is 2.47. The first-order valence-electron chi connectivity index (χ1n) is 5.66. The van der Waals surface area contributed by atoms with E-state index in [0.29, 0.717) is 19.0 Å². The first-order chi connectivity index (χ1) is 7.22. The van der Waals surface area contributed by atoms with Crippen LogP contribution in [0.5, 0.6) is 0 Å². The standard InChI is InChI=1S/C11H17N3O/c12-5-8-6-14(7-8)11(15)10(13)9-3-1-2-4-9/h8-10H,1-4,6-7,13H2/t10-/m1/s1. The largest absolute Gasteiger partial charge is 0.339 e. The maximum absolute atomic E-state index is 11.9. The van der Waals surface area contributed by atoms with E-state index >= 15 is 0 Å². The molecule has 15 heavy (non-hydrogen) atoms. The number of likely N-dealkylation sites (tertiary alicyclic amines) is 1. The van der Waals surface area contributed by atoms with E-state index in [0.717, 1.165) is 12.8 Å². The van der Waals surface area contributed by atoms with Gasteiger partial charge in [-0.1, -0.05) is 12.8 Å². The van der Waals surface area contributed by atoms with Crippen molar-refractivity contribution < 1.29 is 4.79 Å². The molecule has 82 valence electrons. The molecule has 2 aliphatic rings. The molecule has 0 bridgehead atoms. The van der Waals surface area contributed by atoms with Crippen LogP contribution in [-0.2, 0) is 4.79 Å². The molecule has 2 rings (SSSR count). The zero-order valence-corrected chi connectivity index (χ0v) is 8.85. The second kappa shape index (κ2) is 4.19. The Morgan fingerprint density at radius 1 is 1.40 bits per heavy atom. The minimum atomic E-state index is -0.327. The van der Waals surface area contributed by atoms with Gasteiger partial charge in [0.2, 0.25) is 5.91 Å². The van der Waals surface area contributed by atoms with Crippen molar-refractivity contribution in [1.82, 2.24) is 4.90 Å². The van der Waals surface area contributed by atoms with Crippen molar-refractivity contribution in [3.8, 4) is 6.07 Å². The van der Waals surface area contributed by atoms with Gasteiger partial charge in [-0.3, -0.25) is 4.79 Å². The second-order valence-corrected chi connectivity index (χ2v) is 4.64. The first kappa shape index (κ1) is 10.4. The molecule has 1 saturated heterocycles. The highest BCUT2D eigenvalue weighted by atomic mass is 16.2. The Labute approximate surface area is 90.0 Å². The maximum Gasteiger partial charge on any atom is 0.239 e. The highest BCUT2D eigenvalue weighted by Crippen LogP contribution is 2.28. The Balaban J connectivity index is 1.83. The van der Waals surface area contributed by atoms with Gasteiger partial charge in [0.15, 0.2) is 0 Å². The number of amides is 1. The lowest BCUT2D eigenvalue weighted by molar-refractivity contribution is -0.138. The number of hydrogen-bond acceptors (Lipinski definition) is 3. The summed E-state index contributed by atoms with van der Waals surface area (Å²) in [5.74, 6) is 0.455. The Hall–Kier alpha value is -1.08. The number of carbonyl (C=O) groups excluding carboxylic acids is 1. The Morgan fingerprint density at radius 3 is 2.53 bits per heavy atom. The van der Waals surface area contributed by atoms with Gasteiger partial charge in [0.05, 0.1) is 18.0 Å². The molecule has 1 heterocycles. The Kier molecular flexibility index (Phi) is 2.92. The van der Waals surface area contributed by atoms with Crippen LogP contribution in [0.2, 0.25) is 0 Å². The molecule has 2 fully saturated rings. The quantitative estimate of drug-likeness (QED) is 0.716. The number of nitrogens with two attached hydrogens (primary N) is 1. The third-order valence-corrected chi connectivity index (χ3v) is 3.57. The van der Waals surface area contributed by atoms with Crippen LogP contribution in [0.15, 0.2) is 0 Å². The molecule has 2 N–H and O–H groups in total. The number of hydrogen-bond donors (Lipinski definition) is 1. The smallest absolute Gasteiger partial charge is 0.239 e. The molecule has 4 heteroatoms. The molecule has 0 aromatic carbocycles. The van der Waals surface area contributed by atoms with Crippen LogP contribution in [0.3, 0.4) is 0 Å². The minimum Gasteiger partial charge on any atom is -0.339 e. The van der Waals surface area contributed by atoms with Gasteiger partial charge in [0.1, 0.15) is 0 Å². The van der Waals surface area contributed by atoms with Crippen LogP contribution < -0.4 is 5.73 Å². The molecule has 1 aliphatic heterocycles. The molecule has 0 unspecified atom stereocenters. The van der Waals surface area contributed by atoms with Crippen LogP contribution in [0.4, 0.5) is 0 Å². The zero-order valence-electron chi connectivity index (χ0n) is 8.85. The fraction of sp³-hybridized carbons (Fsp3) is 0.818. The first-order valence-corrected chi connectivity index (χ1v) is 5.66. The lowest BCUT2D eigenvalue weighted by Gasteiger charge is -2.37. The lowest BCUT2D eigenvalue weighted by atomic mass is 9.94. The van der Waals surface area contributed by atoms with E-state index in [9.17, 15) is 4.79 Å². The van der Waals surface area contributed by atoms with Gasteiger partial charge in [0.25, 0.3) is 0 Å². The highest BCUT2D eigenvalue weighted by molar-refractivity contribution is 5.82. The minimum absolute atomic E-state index is 0.0322. The topological polar surface area (TPSA) is 70.1 Å². The van der Waals surface area contributed by atoms with Crippen LogP contribution in [0.1, 0.15) is 25.7 Å². The molecule has 1 atom stereocenters. The van der Waals surface area contributed by atoms with Crippen LogP contribution in [0.25, 0.3) is 0 Å². The average molecular weight is 207 g/mol. The van der Waals surface area contributed by atoms with Gasteiger partial charge in [-0.15, -0.1) is 0 Å². The van der Waals surface area contributed by atoms with Crippen molar-refractivity contribution in [3.63, 3.8) is 0 Å². The molecular weight excluding hydrogens is 190 g/mol. The zero-order chi connectivity index (χ0) is 10.8. The van der Waals surface area contributed by atoms with Crippen molar-refractivity contribution in [2.45, 2.75) is 31.7 Å². The molecule has 4 nitrogen and oxygen atoms in total. The molecule has 1 aliphatic carbocycles. The van der Waals surface area contributed by atoms with E-state index in [1.165, 1.54) is 12.8 Å². The van der Waals surface area contributed by atoms with E-state index in [4.69, 9.17) is 11.0 Å². The van der Waals surface area contributed by atoms with Crippen molar-refractivity contribution in [3.05, 3.63) is 0 Å². The molecular formula is C11H17N3O. The van der Waals surface area contributed by atoms with Gasteiger partial charge >= 0.3 is 0 Å². The van der Waals surface area contributed by atoms with Gasteiger partial charge in [-0.25, -0.2) is 0 Å². The number of nitriles is 1. The summed E-state index contributed by atoms with van der Waals surface area (Å²) in [6.07, 6.45) is 4.57. The van der Waals surface area contributed by atoms with Crippen molar-refractivity contribution >= 4 is 5.91 Å². The summed E-state index contributed by atoms with van der Waals surface area (Å²) >= 11 is 0. The van der Waals surface area contributed by atoms with Gasteiger partial charge in [0, 0.05) is 13.1 Å². The summed E-state index contributed by atoms with van der Waals surface area (Å²) in [6.45, 7) is 1.16. The van der Waals surface area contributed by atoms with Gasteiger partial charge in [-0.05, 0) is 18.8 Å². The SMILES string of the molecule is N#CC1CN(C(=O)[C@H](N)C2CCCC2)C1. The number of nitrogens with zero attached hydrogens (tertiary/aromatic N) is 2. The normalized spacial score (nSPS) is 24.7. The second-order valence-electron chi connectivity index (χ2n) is 4.64. The summed E-state index contributed by atoms with van der Waals surface area (Å²) in [4.78, 5) is 13.6. The lowest BCUT2D eigenvalue weighted by Crippen LogP contribution is -2.56. The van der Waals surface area contributed by atoms with Gasteiger partial charge < -0.3 is 10.6 Å². The third kappa shape index (κ3) is 1.98. The van der Waals surface area contributed by atoms with Crippen LogP contribution in [-0.4, -0.2) is 29.9 Å². The molecule has 0 aromatic rings. The van der Waals surface area contributed by atoms with Crippen molar-refractivity contribution in [2.24, 2.45) is 17.6 Å². The monoisotopic (exact) mass is 207 g/mol. The molecule has 0 aromatic heterocycles. The number of carbonyl (C=O) groups is 1. The van der Waals surface area contributed by atoms with Crippen molar-refractivity contribution in [1.29, 1.82) is 5.26 Å². The maximum atomic E-state index is 11.9. The van der Waals surface area contributed by atoms with Gasteiger partial charge in [-0.2, -0.15) is 5.26 Å². The summed E-state index contributed by atoms with van der Waals surface area (Å²) < 4.78 is 0. The van der Waals surface area contributed by atoms with E-state index in [1.54, 1.807) is 4.90 Å². The Morgan fingerprint density at radius 2 is 2.00 bits per heavy atom. The number of rotatable bonds is 2. The van der Waals surface area contributed by atoms with Crippen LogP contribution in [0, 0.1) is 23.2 Å². The molecule has 1 saturated carbocycles. The van der Waals surface area contributed by atoms with E-state index in [2.05, 4.69) is 6.07 Å². The third-order valence-electron chi connectivity index (χ3n) is 3.57. The van der Waals surface area contributed by atoms with Crippen LogP contribution >= 0.6 is 0 Å². The highest BCUT2D eigenvalue weighted by Gasteiger charge is 2.36. The van der Waals surface area contributed by atoms with E-state index in [1.807, 2.05) is 0 Å². The van der Waals surface area contributed by atoms with E-state index < -0.39 is 0 Å². The van der Waals surface area contributed by atoms with E-state index in [-0.39, 0.29) is 17.9 Å².